The summed E-state index contributed by atoms with van der Waals surface area (Å²) in [5.74, 6) is -1.98. The van der Waals surface area contributed by atoms with Gasteiger partial charge < -0.3 is 10.6 Å². The lowest BCUT2D eigenvalue weighted by molar-refractivity contribution is -0.118. The second-order valence-corrected chi connectivity index (χ2v) is 8.10. The summed E-state index contributed by atoms with van der Waals surface area (Å²) in [5, 5.41) is 5.99. The van der Waals surface area contributed by atoms with Crippen molar-refractivity contribution in [1.29, 1.82) is 0 Å². The molecule has 2 rings (SSSR count). The van der Waals surface area contributed by atoms with E-state index in [0.29, 0.717) is 12.2 Å². The summed E-state index contributed by atoms with van der Waals surface area (Å²) in [7, 11) is -3.68. The third-order valence-electron chi connectivity index (χ3n) is 3.93. The monoisotopic (exact) mass is 414 g/mol. The summed E-state index contributed by atoms with van der Waals surface area (Å²) in [6.45, 7) is 4.96. The van der Waals surface area contributed by atoms with Crippen LogP contribution in [-0.2, 0) is 21.2 Å². The molecule has 2 aromatic rings. The predicted molar refractivity (Wildman–Crippen MR) is 107 cm³/mol. The van der Waals surface area contributed by atoms with Crippen molar-refractivity contribution in [2.75, 3.05) is 17.6 Å². The number of nitrogens with one attached hydrogen (secondary N) is 2. The Kier molecular flexibility index (Phi) is 8.88. The molecule has 5 nitrogen and oxygen atoms in total. The van der Waals surface area contributed by atoms with Gasteiger partial charge in [0.1, 0.15) is 5.82 Å². The second kappa shape index (κ2) is 10.4. The fourth-order valence-corrected chi connectivity index (χ4v) is 4.01. The van der Waals surface area contributed by atoms with Crippen molar-refractivity contribution in [3.05, 3.63) is 59.9 Å². The molecule has 0 saturated heterocycles. The summed E-state index contributed by atoms with van der Waals surface area (Å²) in [4.78, 5) is 12.5. The number of sulfone groups is 1. The molecule has 2 N–H and O–H groups in total. The van der Waals surface area contributed by atoms with Crippen LogP contribution >= 0.6 is 12.4 Å². The molecule has 8 heteroatoms. The van der Waals surface area contributed by atoms with Crippen LogP contribution in [0.25, 0.3) is 0 Å². The van der Waals surface area contributed by atoms with E-state index < -0.39 is 21.6 Å². The first kappa shape index (κ1) is 23.1. The lowest BCUT2D eigenvalue weighted by Gasteiger charge is -2.15. The molecule has 0 saturated carbocycles. The second-order valence-electron chi connectivity index (χ2n) is 6.06. The third-order valence-corrected chi connectivity index (χ3v) is 5.86. The van der Waals surface area contributed by atoms with Crippen LogP contribution < -0.4 is 10.6 Å². The lowest BCUT2D eigenvalue weighted by Crippen LogP contribution is -2.27. The SMILES string of the molecule is CCNCc1ccccc1NC(=O)C(C)CS(=O)(=O)c1ccc(F)cc1.Cl. The van der Waals surface area contributed by atoms with Crippen LogP contribution in [0.1, 0.15) is 19.4 Å². The van der Waals surface area contributed by atoms with Gasteiger partial charge in [-0.1, -0.05) is 32.0 Å². The lowest BCUT2D eigenvalue weighted by atomic mass is 10.1. The van der Waals surface area contributed by atoms with E-state index in [1.165, 1.54) is 12.1 Å². The summed E-state index contributed by atoms with van der Waals surface area (Å²) >= 11 is 0. The number of carbonyl (C=O) groups is 1. The van der Waals surface area contributed by atoms with Crippen LogP contribution in [0.5, 0.6) is 0 Å². The maximum Gasteiger partial charge on any atom is 0.228 e. The van der Waals surface area contributed by atoms with Crippen molar-refractivity contribution in [2.45, 2.75) is 25.3 Å². The van der Waals surface area contributed by atoms with Crippen molar-refractivity contribution in [3.63, 3.8) is 0 Å². The van der Waals surface area contributed by atoms with Gasteiger partial charge in [-0.05, 0) is 42.4 Å². The van der Waals surface area contributed by atoms with Crippen molar-refractivity contribution < 1.29 is 17.6 Å². The summed E-state index contributed by atoms with van der Waals surface area (Å²) < 4.78 is 37.8. The Bertz CT molecular complexity index is 858. The van der Waals surface area contributed by atoms with Crippen molar-refractivity contribution in [3.8, 4) is 0 Å². The first-order valence-corrected chi connectivity index (χ1v) is 10.1. The van der Waals surface area contributed by atoms with Gasteiger partial charge in [-0.25, -0.2) is 12.8 Å². The zero-order valence-electron chi connectivity index (χ0n) is 15.2. The molecule has 0 fully saturated rings. The maximum atomic E-state index is 13.0. The predicted octanol–water partition coefficient (Wildman–Crippen LogP) is 3.41. The molecule has 0 aliphatic heterocycles. The highest BCUT2D eigenvalue weighted by Gasteiger charge is 2.23. The van der Waals surface area contributed by atoms with Crippen molar-refractivity contribution in [2.24, 2.45) is 5.92 Å². The van der Waals surface area contributed by atoms with Gasteiger partial charge in [0.2, 0.25) is 5.91 Å². The topological polar surface area (TPSA) is 75.3 Å². The number of hydrogen-bond acceptors (Lipinski definition) is 4. The van der Waals surface area contributed by atoms with Gasteiger partial charge in [0.05, 0.1) is 10.6 Å². The Labute approximate surface area is 165 Å². The molecule has 1 amide bonds. The summed E-state index contributed by atoms with van der Waals surface area (Å²) in [6, 6.07) is 12.0. The standard InChI is InChI=1S/C19H23FN2O3S.ClH/c1-3-21-12-15-6-4-5-7-18(15)22-19(23)14(2)13-26(24,25)17-10-8-16(20)9-11-17;/h4-11,14,21H,3,12-13H2,1-2H3,(H,22,23);1H. The van der Waals surface area contributed by atoms with Gasteiger partial charge in [-0.2, -0.15) is 0 Å². The molecular formula is C19H24ClFN2O3S. The molecule has 1 unspecified atom stereocenters. The van der Waals surface area contributed by atoms with Crippen LogP contribution in [0.15, 0.2) is 53.4 Å². The van der Waals surface area contributed by atoms with Crippen LogP contribution in [0.4, 0.5) is 10.1 Å². The number of para-hydroxylation sites is 1. The largest absolute Gasteiger partial charge is 0.326 e. The van der Waals surface area contributed by atoms with Gasteiger partial charge in [0.25, 0.3) is 0 Å². The molecule has 0 heterocycles. The van der Waals surface area contributed by atoms with Gasteiger partial charge in [0, 0.05) is 18.2 Å². The van der Waals surface area contributed by atoms with Crippen LogP contribution in [0, 0.1) is 11.7 Å². The third kappa shape index (κ3) is 6.61. The van der Waals surface area contributed by atoms with Gasteiger partial charge in [0.15, 0.2) is 9.84 Å². The highest BCUT2D eigenvalue weighted by Crippen LogP contribution is 2.19. The number of hydrogen-bond donors (Lipinski definition) is 2. The smallest absolute Gasteiger partial charge is 0.228 e. The molecular weight excluding hydrogens is 391 g/mol. The summed E-state index contributed by atoms with van der Waals surface area (Å²) in [6.07, 6.45) is 0. The van der Waals surface area contributed by atoms with Gasteiger partial charge >= 0.3 is 0 Å². The average Bonchev–Trinajstić information content (AvgIpc) is 2.61. The molecule has 0 aliphatic rings. The molecule has 148 valence electrons. The number of benzene rings is 2. The van der Waals surface area contributed by atoms with E-state index >= 15 is 0 Å². The zero-order chi connectivity index (χ0) is 19.2. The summed E-state index contributed by atoms with van der Waals surface area (Å²) in [5.41, 5.74) is 1.58. The Balaban J connectivity index is 0.00000364. The molecule has 0 radical (unpaired) electrons. The minimum Gasteiger partial charge on any atom is -0.326 e. The van der Waals surface area contributed by atoms with Crippen LogP contribution in [0.3, 0.4) is 0 Å². The first-order chi connectivity index (χ1) is 12.3. The number of halogens is 2. The first-order valence-electron chi connectivity index (χ1n) is 8.41. The van der Waals surface area contributed by atoms with E-state index in [2.05, 4.69) is 10.6 Å². The Morgan fingerprint density at radius 2 is 1.74 bits per heavy atom. The number of amides is 1. The Hall–Kier alpha value is -1.96. The number of carbonyl (C=O) groups excluding carboxylic acids is 1. The molecule has 0 spiro atoms. The van der Waals surface area contributed by atoms with Crippen LogP contribution in [-0.4, -0.2) is 26.6 Å². The minimum atomic E-state index is -3.68. The van der Waals surface area contributed by atoms with E-state index in [-0.39, 0.29) is 29.0 Å². The average molecular weight is 415 g/mol. The van der Waals surface area contributed by atoms with Crippen molar-refractivity contribution in [1.82, 2.24) is 5.32 Å². The number of rotatable bonds is 8. The maximum absolute atomic E-state index is 13.0. The fourth-order valence-electron chi connectivity index (χ4n) is 2.45. The molecule has 27 heavy (non-hydrogen) atoms. The Morgan fingerprint density at radius 1 is 1.11 bits per heavy atom. The molecule has 0 bridgehead atoms. The molecule has 0 aromatic heterocycles. The minimum absolute atomic E-state index is 0. The van der Waals surface area contributed by atoms with E-state index in [9.17, 15) is 17.6 Å². The van der Waals surface area contributed by atoms with Gasteiger partial charge in [-0.3, -0.25) is 4.79 Å². The zero-order valence-corrected chi connectivity index (χ0v) is 16.9. The highest BCUT2D eigenvalue weighted by atomic mass is 35.5. The number of anilines is 1. The van der Waals surface area contributed by atoms with E-state index in [0.717, 1.165) is 24.2 Å². The fraction of sp³-hybridized carbons (Fsp3) is 0.316. The quantitative estimate of drug-likeness (QED) is 0.649. The molecule has 0 aliphatic carbocycles. The molecule has 2 aromatic carbocycles. The Morgan fingerprint density at radius 3 is 2.37 bits per heavy atom. The molecule has 1 atom stereocenters. The van der Waals surface area contributed by atoms with E-state index in [1.54, 1.807) is 13.0 Å². The van der Waals surface area contributed by atoms with E-state index in [1.807, 2.05) is 25.1 Å². The van der Waals surface area contributed by atoms with Crippen LogP contribution in [0.2, 0.25) is 0 Å². The van der Waals surface area contributed by atoms with E-state index in [4.69, 9.17) is 0 Å². The van der Waals surface area contributed by atoms with Crippen molar-refractivity contribution >= 4 is 33.8 Å². The highest BCUT2D eigenvalue weighted by molar-refractivity contribution is 7.91. The normalized spacial score (nSPS) is 12.1. The van der Waals surface area contributed by atoms with Gasteiger partial charge in [-0.15, -0.1) is 12.4 Å².